The lowest BCUT2D eigenvalue weighted by molar-refractivity contribution is -0.140. The van der Waals surface area contributed by atoms with E-state index in [2.05, 4.69) is 4.74 Å². The molecule has 0 bridgehead atoms. The van der Waals surface area contributed by atoms with Crippen LogP contribution in [-0.2, 0) is 14.3 Å². The lowest BCUT2D eigenvalue weighted by atomic mass is 9.97. The molecule has 1 aliphatic carbocycles. The SMILES string of the molecule is COC(=O)CCCC(C)=O.NC1CCCCC1. The smallest absolute Gasteiger partial charge is 0.305 e. The van der Waals surface area contributed by atoms with Crippen LogP contribution in [0, 0.1) is 0 Å². The summed E-state index contributed by atoms with van der Waals surface area (Å²) in [4.78, 5) is 20.8. The standard InChI is InChI=1S/C7H12O3.C6H13N/c1-6(8)4-3-5-7(9)10-2;7-6-4-2-1-3-5-6/h3-5H2,1-2H3;6H,1-5,7H2. The van der Waals surface area contributed by atoms with Gasteiger partial charge in [0.15, 0.2) is 0 Å². The number of hydrogen-bond acceptors (Lipinski definition) is 4. The maximum atomic E-state index is 10.5. The second-order valence-corrected chi connectivity index (χ2v) is 4.53. The fourth-order valence-corrected chi connectivity index (χ4v) is 1.72. The van der Waals surface area contributed by atoms with Crippen molar-refractivity contribution in [1.29, 1.82) is 0 Å². The largest absolute Gasteiger partial charge is 0.469 e. The van der Waals surface area contributed by atoms with Crippen molar-refractivity contribution < 1.29 is 14.3 Å². The minimum absolute atomic E-state index is 0.115. The van der Waals surface area contributed by atoms with Crippen LogP contribution in [0.3, 0.4) is 0 Å². The van der Waals surface area contributed by atoms with Gasteiger partial charge in [0.2, 0.25) is 0 Å². The highest BCUT2D eigenvalue weighted by molar-refractivity contribution is 5.76. The van der Waals surface area contributed by atoms with Crippen LogP contribution >= 0.6 is 0 Å². The van der Waals surface area contributed by atoms with E-state index in [1.165, 1.54) is 46.1 Å². The zero-order chi connectivity index (χ0) is 13.1. The van der Waals surface area contributed by atoms with E-state index in [4.69, 9.17) is 5.73 Å². The molecular weight excluding hydrogens is 218 g/mol. The molecule has 0 spiro atoms. The Labute approximate surface area is 104 Å². The van der Waals surface area contributed by atoms with Crippen molar-refractivity contribution in [3.63, 3.8) is 0 Å². The summed E-state index contributed by atoms with van der Waals surface area (Å²) in [6.45, 7) is 1.51. The predicted molar refractivity (Wildman–Crippen MR) is 67.6 cm³/mol. The van der Waals surface area contributed by atoms with Crippen LogP contribution in [0.1, 0.15) is 58.3 Å². The number of ether oxygens (including phenoxy) is 1. The molecule has 0 aromatic heterocycles. The van der Waals surface area contributed by atoms with Gasteiger partial charge in [-0.2, -0.15) is 0 Å². The van der Waals surface area contributed by atoms with Gasteiger partial charge < -0.3 is 15.3 Å². The minimum Gasteiger partial charge on any atom is -0.469 e. The molecule has 0 atom stereocenters. The van der Waals surface area contributed by atoms with E-state index in [9.17, 15) is 9.59 Å². The Kier molecular flexibility index (Phi) is 9.72. The number of rotatable bonds is 4. The monoisotopic (exact) mass is 243 g/mol. The van der Waals surface area contributed by atoms with E-state index in [1.807, 2.05) is 0 Å². The molecule has 1 fully saturated rings. The van der Waals surface area contributed by atoms with Crippen molar-refractivity contribution in [1.82, 2.24) is 0 Å². The second kappa shape index (κ2) is 10.3. The van der Waals surface area contributed by atoms with Crippen LogP contribution in [0.25, 0.3) is 0 Å². The summed E-state index contributed by atoms with van der Waals surface area (Å²) in [7, 11) is 1.34. The summed E-state index contributed by atoms with van der Waals surface area (Å²) in [5, 5.41) is 0. The molecule has 2 N–H and O–H groups in total. The number of esters is 1. The van der Waals surface area contributed by atoms with E-state index >= 15 is 0 Å². The number of ketones is 1. The van der Waals surface area contributed by atoms with Gasteiger partial charge in [0.1, 0.15) is 5.78 Å². The maximum Gasteiger partial charge on any atom is 0.305 e. The van der Waals surface area contributed by atoms with Crippen molar-refractivity contribution >= 4 is 11.8 Å². The van der Waals surface area contributed by atoms with Gasteiger partial charge in [0.05, 0.1) is 7.11 Å². The van der Waals surface area contributed by atoms with Crippen molar-refractivity contribution in [3.05, 3.63) is 0 Å². The number of Topliss-reactive ketones (excluding diaryl/α,β-unsaturated/α-hetero) is 1. The predicted octanol–water partition coefficient (Wildman–Crippen LogP) is 2.20. The molecule has 0 radical (unpaired) electrons. The van der Waals surface area contributed by atoms with Gasteiger partial charge >= 0.3 is 5.97 Å². The first-order valence-corrected chi connectivity index (χ1v) is 6.38. The summed E-state index contributed by atoms with van der Waals surface area (Å²) in [5.74, 6) is -0.134. The van der Waals surface area contributed by atoms with E-state index in [0.717, 1.165) is 0 Å². The van der Waals surface area contributed by atoms with Gasteiger partial charge in [-0.1, -0.05) is 19.3 Å². The highest BCUT2D eigenvalue weighted by atomic mass is 16.5. The molecule has 1 rings (SSSR count). The van der Waals surface area contributed by atoms with Gasteiger partial charge in [-0.05, 0) is 26.2 Å². The van der Waals surface area contributed by atoms with Gasteiger partial charge in [-0.15, -0.1) is 0 Å². The molecule has 17 heavy (non-hydrogen) atoms. The zero-order valence-corrected chi connectivity index (χ0v) is 11.0. The molecule has 0 aromatic carbocycles. The van der Waals surface area contributed by atoms with Gasteiger partial charge in [0, 0.05) is 18.9 Å². The molecule has 100 valence electrons. The van der Waals surface area contributed by atoms with Crippen LogP contribution < -0.4 is 5.73 Å². The zero-order valence-electron chi connectivity index (χ0n) is 11.0. The molecule has 0 heterocycles. The quantitative estimate of drug-likeness (QED) is 0.768. The summed E-state index contributed by atoms with van der Waals surface area (Å²) in [6.07, 6.45) is 8.07. The molecule has 0 aromatic rings. The third-order valence-electron chi connectivity index (χ3n) is 2.79. The Morgan fingerprint density at radius 1 is 1.18 bits per heavy atom. The van der Waals surface area contributed by atoms with Gasteiger partial charge in [-0.25, -0.2) is 0 Å². The van der Waals surface area contributed by atoms with Crippen LogP contribution in [0.4, 0.5) is 0 Å². The van der Waals surface area contributed by atoms with Crippen LogP contribution in [0.5, 0.6) is 0 Å². The fraction of sp³-hybridized carbons (Fsp3) is 0.846. The average molecular weight is 243 g/mol. The number of hydrogen-bond donors (Lipinski definition) is 1. The molecule has 0 aliphatic heterocycles. The van der Waals surface area contributed by atoms with Gasteiger partial charge in [0.25, 0.3) is 0 Å². The Hall–Kier alpha value is -0.900. The van der Waals surface area contributed by atoms with E-state index in [-0.39, 0.29) is 11.8 Å². The highest BCUT2D eigenvalue weighted by Gasteiger charge is 2.06. The minimum atomic E-state index is -0.249. The Morgan fingerprint density at radius 2 is 1.76 bits per heavy atom. The molecule has 0 saturated heterocycles. The molecule has 4 heteroatoms. The van der Waals surface area contributed by atoms with Crippen molar-refractivity contribution in [2.24, 2.45) is 5.73 Å². The number of carbonyl (C=O) groups excluding carboxylic acids is 2. The highest BCUT2D eigenvalue weighted by Crippen LogP contribution is 2.14. The third-order valence-corrected chi connectivity index (χ3v) is 2.79. The summed E-state index contributed by atoms with van der Waals surface area (Å²) >= 11 is 0. The Bertz CT molecular complexity index is 223. The van der Waals surface area contributed by atoms with E-state index in [1.54, 1.807) is 0 Å². The van der Waals surface area contributed by atoms with E-state index < -0.39 is 0 Å². The molecule has 0 unspecified atom stereocenters. The number of carbonyl (C=O) groups is 2. The van der Waals surface area contributed by atoms with Crippen molar-refractivity contribution in [3.8, 4) is 0 Å². The first-order valence-electron chi connectivity index (χ1n) is 6.38. The average Bonchev–Trinajstić information content (AvgIpc) is 2.30. The third kappa shape index (κ3) is 11.4. The summed E-state index contributed by atoms with van der Waals surface area (Å²) in [6, 6.07) is 0.536. The molecular formula is C13H25NO3. The number of nitrogens with two attached hydrogens (primary N) is 1. The lowest BCUT2D eigenvalue weighted by Crippen LogP contribution is -2.22. The first-order chi connectivity index (χ1) is 8.06. The lowest BCUT2D eigenvalue weighted by Gasteiger charge is -2.15. The Morgan fingerprint density at radius 3 is 2.12 bits per heavy atom. The van der Waals surface area contributed by atoms with Crippen molar-refractivity contribution in [2.45, 2.75) is 64.3 Å². The Balaban J connectivity index is 0.000000318. The topological polar surface area (TPSA) is 69.4 Å². The first kappa shape index (κ1) is 16.1. The molecule has 0 amide bonds. The normalized spacial score (nSPS) is 15.7. The van der Waals surface area contributed by atoms with Gasteiger partial charge in [-0.3, -0.25) is 4.79 Å². The molecule has 4 nitrogen and oxygen atoms in total. The van der Waals surface area contributed by atoms with E-state index in [0.29, 0.717) is 25.3 Å². The van der Waals surface area contributed by atoms with Crippen LogP contribution in [0.15, 0.2) is 0 Å². The molecule has 1 aliphatic rings. The fourth-order valence-electron chi connectivity index (χ4n) is 1.72. The summed E-state index contributed by atoms with van der Waals surface area (Å²) in [5.41, 5.74) is 5.63. The summed E-state index contributed by atoms with van der Waals surface area (Å²) < 4.78 is 4.38. The second-order valence-electron chi connectivity index (χ2n) is 4.53. The number of methoxy groups -OCH3 is 1. The molecule has 1 saturated carbocycles. The maximum absolute atomic E-state index is 10.5. The van der Waals surface area contributed by atoms with Crippen LogP contribution in [-0.4, -0.2) is 24.9 Å². The van der Waals surface area contributed by atoms with Crippen LogP contribution in [0.2, 0.25) is 0 Å². The van der Waals surface area contributed by atoms with Crippen molar-refractivity contribution in [2.75, 3.05) is 7.11 Å².